The summed E-state index contributed by atoms with van der Waals surface area (Å²) in [6.45, 7) is 5.31. The van der Waals surface area contributed by atoms with Gasteiger partial charge in [-0.1, -0.05) is 11.8 Å². The summed E-state index contributed by atoms with van der Waals surface area (Å²) in [5, 5.41) is 11.6. The summed E-state index contributed by atoms with van der Waals surface area (Å²) < 4.78 is 5.28. The Balaban J connectivity index is 1.66. The van der Waals surface area contributed by atoms with Gasteiger partial charge in [0.05, 0.1) is 23.8 Å². The molecule has 0 saturated heterocycles. The zero-order valence-corrected chi connectivity index (χ0v) is 16.0. The molecule has 3 aromatic heterocycles. The normalized spacial score (nSPS) is 10.7. The lowest BCUT2D eigenvalue weighted by Crippen LogP contribution is -2.15. The number of thioether (sulfide) groups is 1. The highest BCUT2D eigenvalue weighted by Gasteiger charge is 2.18. The smallest absolute Gasteiger partial charge is 0.235 e. The van der Waals surface area contributed by atoms with Crippen molar-refractivity contribution in [2.75, 3.05) is 11.1 Å². The lowest BCUT2D eigenvalue weighted by molar-refractivity contribution is -0.113. The maximum atomic E-state index is 12.3. The van der Waals surface area contributed by atoms with Gasteiger partial charge in [0.2, 0.25) is 11.1 Å². The SMILES string of the molecule is CC(=O)c1c(NC(=O)CSc2nncc(-c3ccco3)n2)sc(C)c1C. The van der Waals surface area contributed by atoms with Crippen LogP contribution in [0, 0.1) is 13.8 Å². The largest absolute Gasteiger partial charge is 0.463 e. The molecule has 0 aliphatic rings. The number of rotatable bonds is 6. The molecule has 1 amide bonds. The van der Waals surface area contributed by atoms with Gasteiger partial charge in [-0.05, 0) is 38.5 Å². The lowest BCUT2D eigenvalue weighted by atomic mass is 10.1. The Hall–Kier alpha value is -2.52. The third-order valence-electron chi connectivity index (χ3n) is 3.64. The van der Waals surface area contributed by atoms with E-state index in [-0.39, 0.29) is 17.4 Å². The molecular weight excluding hydrogens is 372 g/mol. The van der Waals surface area contributed by atoms with Gasteiger partial charge in [0.25, 0.3) is 0 Å². The number of carbonyl (C=O) groups excluding carboxylic acids is 2. The summed E-state index contributed by atoms with van der Waals surface area (Å²) in [5.41, 5.74) is 2.03. The van der Waals surface area contributed by atoms with E-state index in [9.17, 15) is 9.59 Å². The Morgan fingerprint density at radius 3 is 2.85 bits per heavy atom. The number of furan rings is 1. The molecule has 0 bridgehead atoms. The molecule has 26 heavy (non-hydrogen) atoms. The average molecular weight is 388 g/mol. The Bertz CT molecular complexity index is 951. The van der Waals surface area contributed by atoms with Crippen LogP contribution in [0.15, 0.2) is 34.2 Å². The first-order chi connectivity index (χ1) is 12.5. The molecule has 0 saturated carbocycles. The third kappa shape index (κ3) is 4.00. The summed E-state index contributed by atoms with van der Waals surface area (Å²) in [6, 6.07) is 3.53. The maximum Gasteiger partial charge on any atom is 0.235 e. The number of hydrogen-bond acceptors (Lipinski definition) is 8. The number of thiophene rings is 1. The van der Waals surface area contributed by atoms with Crippen molar-refractivity contribution in [1.82, 2.24) is 15.2 Å². The molecule has 3 aromatic rings. The second-order valence-electron chi connectivity index (χ2n) is 5.48. The number of nitrogens with zero attached hydrogens (tertiary/aromatic N) is 3. The summed E-state index contributed by atoms with van der Waals surface area (Å²) in [7, 11) is 0. The topological polar surface area (TPSA) is 98.0 Å². The highest BCUT2D eigenvalue weighted by molar-refractivity contribution is 7.99. The van der Waals surface area contributed by atoms with Crippen molar-refractivity contribution in [2.24, 2.45) is 0 Å². The summed E-state index contributed by atoms with van der Waals surface area (Å²) in [4.78, 5) is 29.4. The molecule has 0 atom stereocenters. The molecule has 7 nitrogen and oxygen atoms in total. The minimum Gasteiger partial charge on any atom is -0.463 e. The van der Waals surface area contributed by atoms with E-state index in [1.54, 1.807) is 18.4 Å². The number of anilines is 1. The number of amides is 1. The molecule has 0 spiro atoms. The van der Waals surface area contributed by atoms with Crippen LogP contribution >= 0.6 is 23.1 Å². The van der Waals surface area contributed by atoms with Gasteiger partial charge in [-0.25, -0.2) is 4.98 Å². The number of nitrogens with one attached hydrogen (secondary N) is 1. The number of Topliss-reactive ketones (excluding diaryl/α,β-unsaturated/α-hetero) is 1. The molecule has 0 aliphatic carbocycles. The molecule has 0 unspecified atom stereocenters. The predicted molar refractivity (Wildman–Crippen MR) is 101 cm³/mol. The van der Waals surface area contributed by atoms with Gasteiger partial charge in [0.1, 0.15) is 10.7 Å². The van der Waals surface area contributed by atoms with Crippen LogP contribution in [0.3, 0.4) is 0 Å². The summed E-state index contributed by atoms with van der Waals surface area (Å²) >= 11 is 2.57. The number of carbonyl (C=O) groups is 2. The standard InChI is InChI=1S/C17H16N4O3S2/c1-9-11(3)26-16(15(9)10(2)22)20-14(23)8-25-17-19-12(7-18-21-17)13-5-4-6-24-13/h4-7H,8H2,1-3H3,(H,20,23). The van der Waals surface area contributed by atoms with Crippen LogP contribution in [0.2, 0.25) is 0 Å². The molecule has 0 aliphatic heterocycles. The Morgan fingerprint density at radius 2 is 2.15 bits per heavy atom. The molecular formula is C17H16N4O3S2. The Morgan fingerprint density at radius 1 is 1.35 bits per heavy atom. The van der Waals surface area contributed by atoms with Gasteiger partial charge in [0.15, 0.2) is 11.5 Å². The van der Waals surface area contributed by atoms with Crippen molar-refractivity contribution in [3.63, 3.8) is 0 Å². The first kappa shape index (κ1) is 18.3. The second-order valence-corrected chi connectivity index (χ2v) is 7.65. The third-order valence-corrected chi connectivity index (χ3v) is 5.60. The fourth-order valence-corrected chi connectivity index (χ4v) is 4.05. The van der Waals surface area contributed by atoms with E-state index >= 15 is 0 Å². The number of aryl methyl sites for hydroxylation is 1. The Labute approximate surface area is 158 Å². The lowest BCUT2D eigenvalue weighted by Gasteiger charge is -2.05. The van der Waals surface area contributed by atoms with Crippen molar-refractivity contribution in [3.05, 3.63) is 40.6 Å². The molecule has 0 radical (unpaired) electrons. The highest BCUT2D eigenvalue weighted by Crippen LogP contribution is 2.33. The molecule has 1 N–H and O–H groups in total. The molecule has 0 aromatic carbocycles. The average Bonchev–Trinajstić information content (AvgIpc) is 3.22. The van der Waals surface area contributed by atoms with Crippen LogP contribution in [-0.2, 0) is 4.79 Å². The molecule has 134 valence electrons. The van der Waals surface area contributed by atoms with Crippen molar-refractivity contribution >= 4 is 39.8 Å². The van der Waals surface area contributed by atoms with Crippen LogP contribution in [0.1, 0.15) is 27.7 Å². The first-order valence-corrected chi connectivity index (χ1v) is 9.53. The van der Waals surface area contributed by atoms with E-state index in [0.717, 1.165) is 10.4 Å². The zero-order chi connectivity index (χ0) is 18.7. The van der Waals surface area contributed by atoms with Gasteiger partial charge < -0.3 is 9.73 Å². The number of hydrogen-bond donors (Lipinski definition) is 1. The molecule has 0 fully saturated rings. The van der Waals surface area contributed by atoms with Crippen molar-refractivity contribution < 1.29 is 14.0 Å². The molecule has 9 heteroatoms. The van der Waals surface area contributed by atoms with Gasteiger partial charge in [-0.2, -0.15) is 5.10 Å². The zero-order valence-electron chi connectivity index (χ0n) is 14.4. The summed E-state index contributed by atoms with van der Waals surface area (Å²) in [6.07, 6.45) is 3.05. The van der Waals surface area contributed by atoms with Gasteiger partial charge >= 0.3 is 0 Å². The van der Waals surface area contributed by atoms with Crippen LogP contribution in [0.4, 0.5) is 5.00 Å². The quantitative estimate of drug-likeness (QED) is 0.507. The first-order valence-electron chi connectivity index (χ1n) is 7.73. The summed E-state index contributed by atoms with van der Waals surface area (Å²) in [5.74, 6) is 0.400. The molecule has 3 heterocycles. The number of ketones is 1. The van der Waals surface area contributed by atoms with E-state index < -0.39 is 0 Å². The van der Waals surface area contributed by atoms with Crippen molar-refractivity contribution in [1.29, 1.82) is 0 Å². The van der Waals surface area contributed by atoms with E-state index in [1.165, 1.54) is 36.2 Å². The van der Waals surface area contributed by atoms with E-state index in [4.69, 9.17) is 4.42 Å². The van der Waals surface area contributed by atoms with Crippen molar-refractivity contribution in [3.8, 4) is 11.5 Å². The fraction of sp³-hybridized carbons (Fsp3) is 0.235. The van der Waals surface area contributed by atoms with Gasteiger partial charge in [-0.15, -0.1) is 16.4 Å². The van der Waals surface area contributed by atoms with E-state index in [0.29, 0.717) is 27.2 Å². The predicted octanol–water partition coefficient (Wildman–Crippen LogP) is 3.74. The second kappa shape index (κ2) is 7.79. The highest BCUT2D eigenvalue weighted by atomic mass is 32.2. The maximum absolute atomic E-state index is 12.3. The minimum atomic E-state index is -0.231. The van der Waals surface area contributed by atoms with E-state index in [2.05, 4.69) is 20.5 Å². The van der Waals surface area contributed by atoms with Crippen molar-refractivity contribution in [2.45, 2.75) is 25.9 Å². The van der Waals surface area contributed by atoms with Gasteiger partial charge in [0, 0.05) is 4.88 Å². The minimum absolute atomic E-state index is 0.0616. The van der Waals surface area contributed by atoms with E-state index in [1.807, 2.05) is 13.8 Å². The number of aromatic nitrogens is 3. The Kier molecular flexibility index (Phi) is 5.48. The van der Waals surface area contributed by atoms with Crippen LogP contribution in [0.5, 0.6) is 0 Å². The van der Waals surface area contributed by atoms with Crippen LogP contribution < -0.4 is 5.32 Å². The van der Waals surface area contributed by atoms with Crippen LogP contribution in [0.25, 0.3) is 11.5 Å². The monoisotopic (exact) mass is 388 g/mol. The van der Waals surface area contributed by atoms with Gasteiger partial charge in [-0.3, -0.25) is 9.59 Å². The van der Waals surface area contributed by atoms with Crippen LogP contribution in [-0.4, -0.2) is 32.6 Å². The fourth-order valence-electron chi connectivity index (χ4n) is 2.32. The molecule has 3 rings (SSSR count).